The lowest BCUT2D eigenvalue weighted by molar-refractivity contribution is -0.384. The van der Waals surface area contributed by atoms with Crippen molar-refractivity contribution in [2.45, 2.75) is 20.4 Å². The highest BCUT2D eigenvalue weighted by Crippen LogP contribution is 2.23. The van der Waals surface area contributed by atoms with Crippen LogP contribution in [-0.2, 0) is 6.54 Å². The number of hydrogen-bond donors (Lipinski definition) is 0. The van der Waals surface area contributed by atoms with E-state index in [1.54, 1.807) is 6.07 Å². The molecule has 2 aromatic rings. The van der Waals surface area contributed by atoms with Gasteiger partial charge in [-0.1, -0.05) is 11.6 Å². The van der Waals surface area contributed by atoms with Crippen LogP contribution in [0, 0.1) is 24.0 Å². The van der Waals surface area contributed by atoms with E-state index in [2.05, 4.69) is 4.98 Å². The van der Waals surface area contributed by atoms with Gasteiger partial charge < -0.3 is 4.57 Å². The van der Waals surface area contributed by atoms with Gasteiger partial charge in [0.15, 0.2) is 0 Å². The Bertz CT molecular complexity index is 607. The van der Waals surface area contributed by atoms with Crippen LogP contribution in [0.15, 0.2) is 24.4 Å². The monoisotopic (exact) mass is 265 g/mol. The molecular formula is C12H12ClN3O2. The summed E-state index contributed by atoms with van der Waals surface area (Å²) in [6.07, 6.45) is 1.92. The first-order chi connectivity index (χ1) is 8.47. The number of imidazole rings is 1. The Labute approximate surface area is 109 Å². The zero-order chi connectivity index (χ0) is 13.3. The van der Waals surface area contributed by atoms with Gasteiger partial charge in [0, 0.05) is 18.3 Å². The van der Waals surface area contributed by atoms with Gasteiger partial charge in [-0.25, -0.2) is 4.98 Å². The highest BCUT2D eigenvalue weighted by Gasteiger charge is 2.10. The summed E-state index contributed by atoms with van der Waals surface area (Å²) in [5.41, 5.74) is 1.77. The van der Waals surface area contributed by atoms with Gasteiger partial charge in [0.25, 0.3) is 5.69 Å². The van der Waals surface area contributed by atoms with Crippen LogP contribution in [0.3, 0.4) is 0 Å². The predicted octanol–water partition coefficient (Wildman–Crippen LogP) is 3.11. The van der Waals surface area contributed by atoms with Gasteiger partial charge in [-0.3, -0.25) is 10.1 Å². The molecule has 0 aliphatic carbocycles. The number of nitro groups is 1. The predicted molar refractivity (Wildman–Crippen MR) is 68.9 cm³/mol. The van der Waals surface area contributed by atoms with Gasteiger partial charge in [0.1, 0.15) is 5.82 Å². The van der Waals surface area contributed by atoms with Crippen molar-refractivity contribution in [2.75, 3.05) is 0 Å². The third-order valence-corrected chi connectivity index (χ3v) is 3.04. The van der Waals surface area contributed by atoms with Crippen LogP contribution >= 0.6 is 11.6 Å². The Balaban J connectivity index is 2.30. The van der Waals surface area contributed by atoms with Crippen molar-refractivity contribution in [2.24, 2.45) is 0 Å². The summed E-state index contributed by atoms with van der Waals surface area (Å²) in [5.74, 6) is 0.891. The van der Waals surface area contributed by atoms with Crippen LogP contribution in [0.4, 0.5) is 5.69 Å². The molecule has 0 spiro atoms. The second kappa shape index (κ2) is 4.78. The minimum atomic E-state index is -0.456. The highest BCUT2D eigenvalue weighted by atomic mass is 35.5. The van der Waals surface area contributed by atoms with E-state index in [-0.39, 0.29) is 5.69 Å². The fourth-order valence-corrected chi connectivity index (χ4v) is 2.02. The summed E-state index contributed by atoms with van der Waals surface area (Å²) in [6, 6.07) is 4.51. The van der Waals surface area contributed by atoms with E-state index in [0.29, 0.717) is 11.6 Å². The molecule has 1 heterocycles. The highest BCUT2D eigenvalue weighted by molar-refractivity contribution is 6.31. The number of benzene rings is 1. The summed E-state index contributed by atoms with van der Waals surface area (Å²) >= 11 is 6.04. The van der Waals surface area contributed by atoms with Gasteiger partial charge in [-0.15, -0.1) is 0 Å². The molecule has 0 radical (unpaired) electrons. The van der Waals surface area contributed by atoms with Crippen molar-refractivity contribution in [3.8, 4) is 0 Å². The average Bonchev–Trinajstić information content (AvgIpc) is 2.60. The number of nitrogens with zero attached hydrogens (tertiary/aromatic N) is 3. The van der Waals surface area contributed by atoms with E-state index in [1.165, 1.54) is 12.1 Å². The molecule has 1 aromatic heterocycles. The maximum Gasteiger partial charge on any atom is 0.270 e. The molecule has 18 heavy (non-hydrogen) atoms. The summed E-state index contributed by atoms with van der Waals surface area (Å²) in [6.45, 7) is 4.39. The zero-order valence-electron chi connectivity index (χ0n) is 10.1. The number of aromatic nitrogens is 2. The SMILES string of the molecule is Cc1cn(Cc2ccc([N+](=O)[O-])cc2Cl)c(C)n1. The van der Waals surface area contributed by atoms with E-state index in [9.17, 15) is 10.1 Å². The molecule has 0 aliphatic heterocycles. The minimum absolute atomic E-state index is 0.00211. The maximum atomic E-state index is 10.6. The molecule has 94 valence electrons. The van der Waals surface area contributed by atoms with Gasteiger partial charge in [-0.2, -0.15) is 0 Å². The van der Waals surface area contributed by atoms with Crippen LogP contribution in [0.5, 0.6) is 0 Å². The molecule has 0 bridgehead atoms. The zero-order valence-corrected chi connectivity index (χ0v) is 10.8. The second-order valence-electron chi connectivity index (χ2n) is 4.09. The Morgan fingerprint density at radius 1 is 1.44 bits per heavy atom. The largest absolute Gasteiger partial charge is 0.330 e. The van der Waals surface area contributed by atoms with E-state index >= 15 is 0 Å². The lowest BCUT2D eigenvalue weighted by atomic mass is 10.2. The smallest absolute Gasteiger partial charge is 0.270 e. The summed E-state index contributed by atoms with van der Waals surface area (Å²) < 4.78 is 1.96. The fourth-order valence-electron chi connectivity index (χ4n) is 1.79. The topological polar surface area (TPSA) is 61.0 Å². The van der Waals surface area contributed by atoms with E-state index in [1.807, 2.05) is 24.6 Å². The summed E-state index contributed by atoms with van der Waals surface area (Å²) in [5, 5.41) is 11.0. The molecule has 6 heteroatoms. The molecule has 5 nitrogen and oxygen atoms in total. The Morgan fingerprint density at radius 2 is 2.17 bits per heavy atom. The molecule has 0 N–H and O–H groups in total. The van der Waals surface area contributed by atoms with Crippen molar-refractivity contribution >= 4 is 17.3 Å². The molecule has 0 saturated carbocycles. The van der Waals surface area contributed by atoms with Crippen molar-refractivity contribution in [3.63, 3.8) is 0 Å². The van der Waals surface area contributed by atoms with Crippen LogP contribution in [-0.4, -0.2) is 14.5 Å². The Kier molecular flexibility index (Phi) is 3.34. The molecular weight excluding hydrogens is 254 g/mol. The number of hydrogen-bond acceptors (Lipinski definition) is 3. The standard InChI is InChI=1S/C12H12ClN3O2/c1-8-6-15(9(2)14-8)7-10-3-4-11(16(17)18)5-12(10)13/h3-6H,7H2,1-2H3. The second-order valence-corrected chi connectivity index (χ2v) is 4.50. The van der Waals surface area contributed by atoms with Gasteiger partial charge >= 0.3 is 0 Å². The third-order valence-electron chi connectivity index (χ3n) is 2.68. The van der Waals surface area contributed by atoms with Crippen LogP contribution < -0.4 is 0 Å². The molecule has 0 saturated heterocycles. The van der Waals surface area contributed by atoms with Gasteiger partial charge in [0.05, 0.1) is 22.2 Å². The number of non-ortho nitro benzene ring substituents is 1. The number of rotatable bonds is 3. The molecule has 0 aliphatic rings. The van der Waals surface area contributed by atoms with Crippen molar-refractivity contribution in [1.82, 2.24) is 9.55 Å². The van der Waals surface area contributed by atoms with Gasteiger partial charge in [-0.05, 0) is 25.5 Å². The molecule has 1 aromatic carbocycles. The lowest BCUT2D eigenvalue weighted by Crippen LogP contribution is -2.01. The average molecular weight is 266 g/mol. The van der Waals surface area contributed by atoms with Crippen LogP contribution in [0.25, 0.3) is 0 Å². The molecule has 2 rings (SSSR count). The Hall–Kier alpha value is -1.88. The molecule has 0 atom stereocenters. The normalized spacial score (nSPS) is 10.6. The first-order valence-corrected chi connectivity index (χ1v) is 5.78. The third kappa shape index (κ3) is 2.51. The fraction of sp³-hybridized carbons (Fsp3) is 0.250. The Morgan fingerprint density at radius 3 is 2.67 bits per heavy atom. The molecule has 0 fully saturated rings. The van der Waals surface area contributed by atoms with Crippen LogP contribution in [0.1, 0.15) is 17.1 Å². The minimum Gasteiger partial charge on any atom is -0.330 e. The van der Waals surface area contributed by atoms with Crippen molar-refractivity contribution < 1.29 is 4.92 Å². The molecule has 0 amide bonds. The number of halogens is 1. The summed E-state index contributed by atoms with van der Waals surface area (Å²) in [4.78, 5) is 14.5. The summed E-state index contributed by atoms with van der Waals surface area (Å²) in [7, 11) is 0. The van der Waals surface area contributed by atoms with E-state index < -0.39 is 4.92 Å². The quantitative estimate of drug-likeness (QED) is 0.633. The maximum absolute atomic E-state index is 10.6. The van der Waals surface area contributed by atoms with E-state index in [4.69, 9.17) is 11.6 Å². The van der Waals surface area contributed by atoms with Crippen molar-refractivity contribution in [3.05, 3.63) is 56.6 Å². The number of nitro benzene ring substituents is 1. The van der Waals surface area contributed by atoms with Gasteiger partial charge in [0.2, 0.25) is 0 Å². The first-order valence-electron chi connectivity index (χ1n) is 5.40. The lowest BCUT2D eigenvalue weighted by Gasteiger charge is -2.06. The van der Waals surface area contributed by atoms with E-state index in [0.717, 1.165) is 17.1 Å². The number of aryl methyl sites for hydroxylation is 2. The first kappa shape index (κ1) is 12.6. The molecule has 0 unspecified atom stereocenters. The van der Waals surface area contributed by atoms with Crippen molar-refractivity contribution in [1.29, 1.82) is 0 Å². The van der Waals surface area contributed by atoms with Crippen LogP contribution in [0.2, 0.25) is 5.02 Å².